The topological polar surface area (TPSA) is 84.9 Å². The van der Waals surface area contributed by atoms with Crippen molar-refractivity contribution in [2.75, 3.05) is 24.3 Å². The Morgan fingerprint density at radius 2 is 1.57 bits per heavy atom. The fraction of sp³-hybridized carbons (Fsp3) is 0.409. The minimum absolute atomic E-state index is 0.243. The summed E-state index contributed by atoms with van der Waals surface area (Å²) in [5.74, 6) is 0.980. The normalized spacial score (nSPS) is 13.3. The third-order valence-electron chi connectivity index (χ3n) is 4.50. The molecule has 0 aliphatic carbocycles. The number of aryl methyl sites for hydroxylation is 2. The molecule has 0 aliphatic heterocycles. The van der Waals surface area contributed by atoms with Crippen LogP contribution in [0, 0.1) is 13.8 Å². The van der Waals surface area contributed by atoms with Crippen molar-refractivity contribution in [3.63, 3.8) is 0 Å². The van der Waals surface area contributed by atoms with Crippen molar-refractivity contribution in [3.05, 3.63) is 53.6 Å². The molecular formula is C22H30N2O5S. The number of nitrogens with zero attached hydrogens (tertiary/aromatic N) is 1. The van der Waals surface area contributed by atoms with Gasteiger partial charge < -0.3 is 14.8 Å². The van der Waals surface area contributed by atoms with Crippen molar-refractivity contribution in [2.45, 2.75) is 39.8 Å². The first-order chi connectivity index (χ1) is 14.0. The summed E-state index contributed by atoms with van der Waals surface area (Å²) >= 11 is 0. The maximum absolute atomic E-state index is 12.8. The Bertz CT molecular complexity index is 953. The molecule has 2 aromatic rings. The highest BCUT2D eigenvalue weighted by molar-refractivity contribution is 7.92. The van der Waals surface area contributed by atoms with E-state index >= 15 is 0 Å². The minimum Gasteiger partial charge on any atom is -0.497 e. The van der Waals surface area contributed by atoms with Crippen molar-refractivity contribution < 1.29 is 22.7 Å². The molecule has 7 nitrogen and oxygen atoms in total. The van der Waals surface area contributed by atoms with Crippen LogP contribution in [-0.4, -0.2) is 46.4 Å². The number of hydrogen-bond acceptors (Lipinski definition) is 5. The molecule has 0 saturated heterocycles. The van der Waals surface area contributed by atoms with Crippen LogP contribution < -0.4 is 19.1 Å². The zero-order valence-electron chi connectivity index (χ0n) is 18.3. The van der Waals surface area contributed by atoms with Gasteiger partial charge in [0.15, 0.2) is 0 Å². The van der Waals surface area contributed by atoms with Crippen LogP contribution in [0.25, 0.3) is 0 Å². The zero-order valence-corrected chi connectivity index (χ0v) is 19.1. The number of amides is 1. The molecule has 164 valence electrons. The van der Waals surface area contributed by atoms with E-state index in [-0.39, 0.29) is 12.6 Å². The molecule has 0 saturated carbocycles. The number of carbonyl (C=O) groups excluding carboxylic acids is 1. The first kappa shape index (κ1) is 23.5. The third-order valence-corrected chi connectivity index (χ3v) is 5.74. The van der Waals surface area contributed by atoms with Crippen LogP contribution in [0.2, 0.25) is 0 Å². The van der Waals surface area contributed by atoms with Gasteiger partial charge in [0.1, 0.15) is 24.1 Å². The first-order valence-electron chi connectivity index (χ1n) is 9.66. The maximum Gasteiger partial charge on any atom is 0.243 e. The fourth-order valence-electron chi connectivity index (χ4n) is 3.18. The summed E-state index contributed by atoms with van der Waals surface area (Å²) < 4.78 is 36.9. The number of anilines is 1. The lowest BCUT2D eigenvalue weighted by molar-refractivity contribution is -0.122. The highest BCUT2D eigenvalue weighted by atomic mass is 32.2. The summed E-state index contributed by atoms with van der Waals surface area (Å²) in [7, 11) is -2.07. The van der Waals surface area contributed by atoms with Crippen molar-refractivity contribution in [2.24, 2.45) is 0 Å². The van der Waals surface area contributed by atoms with Gasteiger partial charge >= 0.3 is 0 Å². The number of benzene rings is 2. The molecule has 0 bridgehead atoms. The maximum atomic E-state index is 12.8. The van der Waals surface area contributed by atoms with Crippen LogP contribution in [0.5, 0.6) is 11.5 Å². The Balaban J connectivity index is 2.06. The van der Waals surface area contributed by atoms with E-state index in [1.54, 1.807) is 57.4 Å². The van der Waals surface area contributed by atoms with Gasteiger partial charge in [-0.05, 0) is 75.2 Å². The van der Waals surface area contributed by atoms with E-state index in [2.05, 4.69) is 5.32 Å². The van der Waals surface area contributed by atoms with E-state index in [0.717, 1.165) is 27.4 Å². The van der Waals surface area contributed by atoms with Crippen LogP contribution >= 0.6 is 0 Å². The second-order valence-corrected chi connectivity index (χ2v) is 9.34. The summed E-state index contributed by atoms with van der Waals surface area (Å²) in [5.41, 5.74) is 2.32. The molecule has 0 radical (unpaired) electrons. The third kappa shape index (κ3) is 6.38. The van der Waals surface area contributed by atoms with Crippen LogP contribution in [0.3, 0.4) is 0 Å². The van der Waals surface area contributed by atoms with Crippen LogP contribution in [0.15, 0.2) is 42.5 Å². The number of sulfonamides is 1. The van der Waals surface area contributed by atoms with E-state index in [4.69, 9.17) is 9.47 Å². The Kier molecular flexibility index (Phi) is 7.72. The number of methoxy groups -OCH3 is 1. The van der Waals surface area contributed by atoms with Crippen molar-refractivity contribution in [1.82, 2.24) is 5.32 Å². The monoisotopic (exact) mass is 434 g/mol. The Morgan fingerprint density at radius 3 is 2.07 bits per heavy atom. The second kappa shape index (κ2) is 9.84. The lowest BCUT2D eigenvalue weighted by Gasteiger charge is -2.29. The van der Waals surface area contributed by atoms with Gasteiger partial charge in [0, 0.05) is 0 Å². The lowest BCUT2D eigenvalue weighted by Crippen LogP contribution is -2.50. The highest BCUT2D eigenvalue weighted by Crippen LogP contribution is 2.24. The molecule has 2 atom stereocenters. The van der Waals surface area contributed by atoms with Gasteiger partial charge in [-0.25, -0.2) is 8.42 Å². The predicted molar refractivity (Wildman–Crippen MR) is 119 cm³/mol. The van der Waals surface area contributed by atoms with Crippen molar-refractivity contribution >= 4 is 21.6 Å². The molecular weight excluding hydrogens is 404 g/mol. The number of nitrogens with one attached hydrogen (secondary N) is 1. The molecule has 2 rings (SSSR count). The Hall–Kier alpha value is -2.74. The van der Waals surface area contributed by atoms with Crippen LogP contribution in [0.4, 0.5) is 5.69 Å². The second-order valence-electron chi connectivity index (χ2n) is 7.48. The molecule has 1 N–H and O–H groups in total. The number of ether oxygens (including phenoxy) is 2. The molecule has 1 amide bonds. The number of rotatable bonds is 9. The SMILES string of the molecule is COc1ccc(OC[C@H](C)NC(=O)[C@H](C)N(c2cc(C)cc(C)c2)S(C)(=O)=O)cc1. The average Bonchev–Trinajstić information content (AvgIpc) is 2.65. The van der Waals surface area contributed by atoms with E-state index in [1.165, 1.54) is 0 Å². The molecule has 2 aromatic carbocycles. The van der Waals surface area contributed by atoms with Gasteiger partial charge in [-0.1, -0.05) is 6.07 Å². The summed E-state index contributed by atoms with van der Waals surface area (Å²) in [6, 6.07) is 11.4. The van der Waals surface area contributed by atoms with Gasteiger partial charge in [0.05, 0.1) is 25.1 Å². The van der Waals surface area contributed by atoms with Crippen molar-refractivity contribution in [3.8, 4) is 11.5 Å². The van der Waals surface area contributed by atoms with Gasteiger partial charge in [-0.2, -0.15) is 0 Å². The summed E-state index contributed by atoms with van der Waals surface area (Å²) in [5, 5.41) is 2.83. The molecule has 0 unspecified atom stereocenters. The first-order valence-corrected chi connectivity index (χ1v) is 11.5. The molecule has 8 heteroatoms. The van der Waals surface area contributed by atoms with Crippen LogP contribution in [0.1, 0.15) is 25.0 Å². The number of hydrogen-bond donors (Lipinski definition) is 1. The largest absolute Gasteiger partial charge is 0.497 e. The van der Waals surface area contributed by atoms with Gasteiger partial charge in [0.2, 0.25) is 15.9 Å². The minimum atomic E-state index is -3.66. The van der Waals surface area contributed by atoms with E-state index in [1.807, 2.05) is 19.9 Å². The number of carbonyl (C=O) groups is 1. The van der Waals surface area contributed by atoms with E-state index < -0.39 is 22.0 Å². The van der Waals surface area contributed by atoms with E-state index in [9.17, 15) is 13.2 Å². The fourth-order valence-corrected chi connectivity index (χ4v) is 4.34. The van der Waals surface area contributed by atoms with Gasteiger partial charge in [0.25, 0.3) is 0 Å². The lowest BCUT2D eigenvalue weighted by atomic mass is 10.1. The quantitative estimate of drug-likeness (QED) is 0.656. The Labute approximate surface area is 179 Å². The van der Waals surface area contributed by atoms with E-state index in [0.29, 0.717) is 11.4 Å². The molecule has 0 heterocycles. The summed E-state index contributed by atoms with van der Waals surface area (Å²) in [4.78, 5) is 12.8. The molecule has 0 aliphatic rings. The van der Waals surface area contributed by atoms with Crippen LogP contribution in [-0.2, 0) is 14.8 Å². The summed E-state index contributed by atoms with van der Waals surface area (Å²) in [6.45, 7) is 7.40. The standard InChI is InChI=1S/C22H30N2O5S/c1-15-11-16(2)13-19(12-15)24(30(6,26)27)18(4)22(25)23-17(3)14-29-21-9-7-20(28-5)8-10-21/h7-13,17-18H,14H2,1-6H3,(H,23,25)/t17-,18-/m0/s1. The molecule has 0 aromatic heterocycles. The van der Waals surface area contributed by atoms with Gasteiger partial charge in [-0.3, -0.25) is 9.10 Å². The molecule has 30 heavy (non-hydrogen) atoms. The Morgan fingerprint density at radius 1 is 1.03 bits per heavy atom. The highest BCUT2D eigenvalue weighted by Gasteiger charge is 2.30. The molecule has 0 fully saturated rings. The zero-order chi connectivity index (χ0) is 22.5. The van der Waals surface area contributed by atoms with Crippen molar-refractivity contribution in [1.29, 1.82) is 0 Å². The smallest absolute Gasteiger partial charge is 0.243 e. The molecule has 0 spiro atoms. The van der Waals surface area contributed by atoms with Gasteiger partial charge in [-0.15, -0.1) is 0 Å². The predicted octanol–water partition coefficient (Wildman–Crippen LogP) is 3.05. The summed E-state index contributed by atoms with van der Waals surface area (Å²) in [6.07, 6.45) is 1.10. The average molecular weight is 435 g/mol.